The Morgan fingerprint density at radius 2 is 2.06 bits per heavy atom. The average molecular weight is 516 g/mol. The van der Waals surface area contributed by atoms with Crippen molar-refractivity contribution < 1.29 is 24.1 Å². The number of rotatable bonds is 4. The quantitative estimate of drug-likeness (QED) is 0.358. The number of ether oxygens (including phenoxy) is 1. The van der Waals surface area contributed by atoms with E-state index in [1.807, 2.05) is 0 Å². The molecule has 0 radical (unpaired) electrons. The molecular weight excluding hydrogens is 489 g/mol. The Kier molecular flexibility index (Phi) is 5.95. The van der Waals surface area contributed by atoms with Crippen LogP contribution in [0.4, 0.5) is 4.39 Å². The van der Waals surface area contributed by atoms with E-state index in [1.54, 1.807) is 24.5 Å². The first-order valence-electron chi connectivity index (χ1n) is 12.0. The number of aliphatic hydroxyl groups is 2. The molecule has 0 bridgehead atoms. The zero-order valence-electron chi connectivity index (χ0n) is 20.0. The van der Waals surface area contributed by atoms with Crippen LogP contribution >= 0.6 is 12.4 Å². The predicted octanol–water partition coefficient (Wildman–Crippen LogP) is 2.52. The summed E-state index contributed by atoms with van der Waals surface area (Å²) < 4.78 is 21.6. The SMILES string of the molecule is CC[C@@]1(O)C(=O)OCc2c1cc1n(c2=O)Cc2c-1nc1cc(F)c(C)c3c1c2[C@@H](NCCO)CC3.Cl. The number of aryl methyl sites for hydroxylation is 1. The lowest BCUT2D eigenvalue weighted by molar-refractivity contribution is -0.172. The predicted molar refractivity (Wildman–Crippen MR) is 133 cm³/mol. The second kappa shape index (κ2) is 8.62. The van der Waals surface area contributed by atoms with Crippen LogP contribution in [0.15, 0.2) is 16.9 Å². The highest BCUT2D eigenvalue weighted by molar-refractivity contribution is 5.93. The number of halogens is 2. The Balaban J connectivity index is 0.00000267. The molecule has 6 rings (SSSR count). The van der Waals surface area contributed by atoms with E-state index in [4.69, 9.17) is 9.72 Å². The van der Waals surface area contributed by atoms with Gasteiger partial charge in [0.05, 0.1) is 35.6 Å². The van der Waals surface area contributed by atoms with Crippen LogP contribution in [0.1, 0.15) is 59.2 Å². The molecule has 2 aliphatic heterocycles. The molecule has 4 heterocycles. The monoisotopic (exact) mass is 515 g/mol. The van der Waals surface area contributed by atoms with E-state index in [9.17, 15) is 24.2 Å². The van der Waals surface area contributed by atoms with Crippen LogP contribution in [-0.4, -0.2) is 38.9 Å². The molecule has 2 atom stereocenters. The van der Waals surface area contributed by atoms with Crippen LogP contribution < -0.4 is 10.9 Å². The summed E-state index contributed by atoms with van der Waals surface area (Å²) in [5.41, 5.74) is 3.21. The number of benzene rings is 1. The highest BCUT2D eigenvalue weighted by atomic mass is 35.5. The van der Waals surface area contributed by atoms with Crippen molar-refractivity contribution in [3.63, 3.8) is 0 Å². The molecule has 1 aromatic carbocycles. The van der Waals surface area contributed by atoms with Gasteiger partial charge in [-0.15, -0.1) is 12.4 Å². The zero-order chi connectivity index (χ0) is 24.6. The summed E-state index contributed by atoms with van der Waals surface area (Å²) in [6, 6.07) is 3.02. The third-order valence-corrected chi connectivity index (χ3v) is 7.88. The summed E-state index contributed by atoms with van der Waals surface area (Å²) in [5.74, 6) is -1.09. The smallest absolute Gasteiger partial charge is 0.343 e. The van der Waals surface area contributed by atoms with Crippen molar-refractivity contribution in [2.24, 2.45) is 0 Å². The summed E-state index contributed by atoms with van der Waals surface area (Å²) in [7, 11) is 0. The topological polar surface area (TPSA) is 114 Å². The van der Waals surface area contributed by atoms with Crippen LogP contribution in [0.5, 0.6) is 0 Å². The van der Waals surface area contributed by atoms with Gasteiger partial charge in [0.1, 0.15) is 12.4 Å². The summed E-state index contributed by atoms with van der Waals surface area (Å²) in [5, 5.41) is 24.8. The van der Waals surface area contributed by atoms with Crippen LogP contribution in [-0.2, 0) is 34.7 Å². The molecular formula is C26H27ClFN3O5. The first kappa shape index (κ1) is 24.8. The van der Waals surface area contributed by atoms with Gasteiger partial charge in [-0.1, -0.05) is 6.92 Å². The fourth-order valence-electron chi connectivity index (χ4n) is 6.00. The number of aliphatic hydroxyl groups excluding tert-OH is 1. The second-order valence-corrected chi connectivity index (χ2v) is 9.58. The standard InChI is InChI=1S/C26H26FN3O5.ClH/c1-3-26(34)16-8-20-23-14(10-30(20)24(32)15(16)11-35-25(26)33)22-18(28-6-7-31)5-4-13-12(2)17(27)9-19(29-23)21(13)22;/h8-9,18,28,31,34H,3-7,10-11H2,1-2H3;1H/t18-,26-;/m0./s1. The Morgan fingerprint density at radius 3 is 2.78 bits per heavy atom. The number of hydrogen-bond acceptors (Lipinski definition) is 7. The van der Waals surface area contributed by atoms with Crippen molar-refractivity contribution >= 4 is 29.3 Å². The fraction of sp³-hybridized carbons (Fsp3) is 0.423. The maximum atomic E-state index is 14.9. The van der Waals surface area contributed by atoms with Crippen molar-refractivity contribution in [2.45, 2.75) is 57.9 Å². The van der Waals surface area contributed by atoms with E-state index in [0.717, 1.165) is 28.5 Å². The summed E-state index contributed by atoms with van der Waals surface area (Å²) in [6.07, 6.45) is 1.47. The lowest BCUT2D eigenvalue weighted by Gasteiger charge is -2.31. The van der Waals surface area contributed by atoms with E-state index in [0.29, 0.717) is 35.4 Å². The van der Waals surface area contributed by atoms with Crippen LogP contribution in [0.3, 0.4) is 0 Å². The summed E-state index contributed by atoms with van der Waals surface area (Å²) >= 11 is 0. The highest BCUT2D eigenvalue weighted by Crippen LogP contribution is 2.45. The summed E-state index contributed by atoms with van der Waals surface area (Å²) in [4.78, 5) is 30.8. The van der Waals surface area contributed by atoms with Gasteiger partial charge in [-0.2, -0.15) is 0 Å². The molecule has 3 aromatic rings. The number of hydrogen-bond donors (Lipinski definition) is 3. The van der Waals surface area contributed by atoms with Gasteiger partial charge in [-0.25, -0.2) is 14.2 Å². The minimum Gasteiger partial charge on any atom is -0.458 e. The average Bonchev–Trinajstić information content (AvgIpc) is 3.22. The first-order chi connectivity index (χ1) is 16.8. The second-order valence-electron chi connectivity index (χ2n) is 9.58. The Hall–Kier alpha value is -2.85. The molecule has 8 nitrogen and oxygen atoms in total. The van der Waals surface area contributed by atoms with Crippen LogP contribution in [0, 0.1) is 12.7 Å². The number of cyclic esters (lactones) is 1. The highest BCUT2D eigenvalue weighted by Gasteiger charge is 2.45. The van der Waals surface area contributed by atoms with Gasteiger partial charge < -0.3 is 24.8 Å². The van der Waals surface area contributed by atoms with E-state index >= 15 is 0 Å². The summed E-state index contributed by atoms with van der Waals surface area (Å²) in [6.45, 7) is 3.92. The molecule has 3 aliphatic rings. The lowest BCUT2D eigenvalue weighted by atomic mass is 9.81. The maximum absolute atomic E-state index is 14.9. The first-order valence-corrected chi connectivity index (χ1v) is 12.0. The molecule has 0 amide bonds. The van der Waals surface area contributed by atoms with Crippen LogP contribution in [0.25, 0.3) is 22.3 Å². The van der Waals surface area contributed by atoms with Gasteiger partial charge in [0, 0.05) is 35.2 Å². The fourth-order valence-corrected chi connectivity index (χ4v) is 6.00. The van der Waals surface area contributed by atoms with Crippen LogP contribution in [0.2, 0.25) is 0 Å². The lowest BCUT2D eigenvalue weighted by Crippen LogP contribution is -2.44. The van der Waals surface area contributed by atoms with E-state index in [1.165, 1.54) is 6.07 Å². The number of pyridine rings is 2. The molecule has 1 aliphatic carbocycles. The molecule has 0 saturated carbocycles. The molecule has 0 fully saturated rings. The van der Waals surface area contributed by atoms with Gasteiger partial charge in [-0.3, -0.25) is 4.79 Å². The van der Waals surface area contributed by atoms with Crippen molar-refractivity contribution in [3.8, 4) is 11.4 Å². The molecule has 190 valence electrons. The van der Waals surface area contributed by atoms with Gasteiger partial charge in [-0.05, 0) is 48.9 Å². The van der Waals surface area contributed by atoms with Crippen molar-refractivity contribution in [1.29, 1.82) is 0 Å². The van der Waals surface area contributed by atoms with Gasteiger partial charge in [0.25, 0.3) is 5.56 Å². The number of carbonyl (C=O) groups is 1. The van der Waals surface area contributed by atoms with E-state index < -0.39 is 11.6 Å². The minimum atomic E-state index is -1.90. The number of nitrogens with one attached hydrogen (secondary N) is 1. The molecule has 2 aromatic heterocycles. The maximum Gasteiger partial charge on any atom is 0.343 e. The number of aromatic nitrogens is 2. The van der Waals surface area contributed by atoms with Crippen molar-refractivity contribution in [1.82, 2.24) is 14.9 Å². The molecule has 3 N–H and O–H groups in total. The Bertz CT molecular complexity index is 1500. The van der Waals surface area contributed by atoms with Crippen molar-refractivity contribution in [2.75, 3.05) is 13.2 Å². The number of esters is 1. The third kappa shape index (κ3) is 3.19. The van der Waals surface area contributed by atoms with Gasteiger partial charge >= 0.3 is 5.97 Å². The van der Waals surface area contributed by atoms with Crippen molar-refractivity contribution in [3.05, 3.63) is 61.7 Å². The van der Waals surface area contributed by atoms with Gasteiger partial charge in [0.2, 0.25) is 0 Å². The van der Waals surface area contributed by atoms with E-state index in [-0.39, 0.29) is 67.1 Å². The minimum absolute atomic E-state index is 0. The number of nitrogens with zero attached hydrogens (tertiary/aromatic N) is 2. The third-order valence-electron chi connectivity index (χ3n) is 7.88. The van der Waals surface area contributed by atoms with Gasteiger partial charge in [0.15, 0.2) is 5.60 Å². The Morgan fingerprint density at radius 1 is 1.28 bits per heavy atom. The zero-order valence-corrected chi connectivity index (χ0v) is 20.8. The molecule has 36 heavy (non-hydrogen) atoms. The largest absolute Gasteiger partial charge is 0.458 e. The molecule has 10 heteroatoms. The van der Waals surface area contributed by atoms with E-state index in [2.05, 4.69) is 5.32 Å². The number of carbonyl (C=O) groups excluding carboxylic acids is 1. The Labute approximate surface area is 212 Å². The molecule has 0 unspecified atom stereocenters. The molecule has 0 saturated heterocycles. The number of fused-ring (bicyclic) bond motifs is 5. The molecule has 0 spiro atoms. The normalized spacial score (nSPS) is 21.5.